The molecule has 0 radical (unpaired) electrons. The molecular weight excluding hydrogens is 350 g/mol. The first-order chi connectivity index (χ1) is 11.2. The van der Waals surface area contributed by atoms with Gasteiger partial charge in [-0.2, -0.15) is 4.31 Å². The maximum absolute atomic E-state index is 12.9. The minimum atomic E-state index is -3.64. The Balaban J connectivity index is 2.06. The van der Waals surface area contributed by atoms with Gasteiger partial charge in [0.15, 0.2) is 5.76 Å². The van der Waals surface area contributed by atoms with Crippen molar-refractivity contribution in [3.05, 3.63) is 11.5 Å². The van der Waals surface area contributed by atoms with Crippen LogP contribution in [0.1, 0.15) is 31.7 Å². The van der Waals surface area contributed by atoms with E-state index in [9.17, 15) is 13.2 Å². The van der Waals surface area contributed by atoms with Crippen molar-refractivity contribution in [2.45, 2.75) is 44.3 Å². The Labute approximate surface area is 147 Å². The van der Waals surface area contributed by atoms with Crippen molar-refractivity contribution in [1.82, 2.24) is 14.4 Å². The smallest absolute Gasteiger partial charge is 0.248 e. The highest BCUT2D eigenvalue weighted by Crippen LogP contribution is 2.24. The molecule has 0 bridgehead atoms. The average molecular weight is 376 g/mol. The summed E-state index contributed by atoms with van der Waals surface area (Å²) in [6, 6.07) is 0. The first kappa shape index (κ1) is 19.3. The van der Waals surface area contributed by atoms with Crippen LogP contribution in [-0.4, -0.2) is 65.9 Å². The van der Waals surface area contributed by atoms with Crippen LogP contribution in [0, 0.1) is 13.8 Å². The molecule has 1 aliphatic heterocycles. The van der Waals surface area contributed by atoms with Crippen LogP contribution in [0.25, 0.3) is 0 Å². The van der Waals surface area contributed by atoms with Gasteiger partial charge in [0.25, 0.3) is 0 Å². The highest BCUT2D eigenvalue weighted by atomic mass is 32.2. The van der Waals surface area contributed by atoms with Crippen LogP contribution in [-0.2, 0) is 14.8 Å². The fraction of sp³-hybridized carbons (Fsp3) is 0.733. The highest BCUT2D eigenvalue weighted by Gasteiger charge is 2.32. The number of hydrogen-bond donors (Lipinski definition) is 0. The molecule has 7 nitrogen and oxygen atoms in total. The lowest BCUT2D eigenvalue weighted by atomic mass is 10.4. The van der Waals surface area contributed by atoms with Crippen molar-refractivity contribution in [3.8, 4) is 0 Å². The molecule has 0 unspecified atom stereocenters. The number of nitrogens with zero attached hydrogens (tertiary/aromatic N) is 3. The molecule has 1 fully saturated rings. The zero-order valence-corrected chi connectivity index (χ0v) is 16.2. The third-order valence-electron chi connectivity index (χ3n) is 3.91. The molecule has 2 heterocycles. The van der Waals surface area contributed by atoms with Gasteiger partial charge in [-0.1, -0.05) is 19.0 Å². The van der Waals surface area contributed by atoms with E-state index < -0.39 is 10.0 Å². The molecule has 0 aliphatic carbocycles. The number of rotatable bonds is 5. The zero-order chi connectivity index (χ0) is 17.9. The van der Waals surface area contributed by atoms with E-state index in [4.69, 9.17) is 4.52 Å². The molecule has 0 spiro atoms. The maximum atomic E-state index is 12.9. The lowest BCUT2D eigenvalue weighted by Crippen LogP contribution is -2.38. The molecule has 0 N–H and O–H groups in total. The molecule has 9 heteroatoms. The second-order valence-corrected chi connectivity index (χ2v) is 9.59. The van der Waals surface area contributed by atoms with Crippen molar-refractivity contribution < 1.29 is 17.7 Å². The zero-order valence-electron chi connectivity index (χ0n) is 14.6. The first-order valence-electron chi connectivity index (χ1n) is 8.06. The predicted octanol–water partition coefficient (Wildman–Crippen LogP) is 1.66. The number of carbonyl (C=O) groups excluding carboxylic acids is 1. The number of aryl methyl sites for hydroxylation is 2. The Morgan fingerprint density at radius 1 is 1.25 bits per heavy atom. The van der Waals surface area contributed by atoms with Crippen LogP contribution < -0.4 is 0 Å². The number of sulfonamides is 1. The van der Waals surface area contributed by atoms with Gasteiger partial charge in [-0.3, -0.25) is 4.79 Å². The monoisotopic (exact) mass is 375 g/mol. The van der Waals surface area contributed by atoms with Crippen molar-refractivity contribution >= 4 is 27.7 Å². The molecular formula is C15H25N3O4S2. The molecule has 1 amide bonds. The number of hydrogen-bond acceptors (Lipinski definition) is 6. The Hall–Kier alpha value is -1.06. The van der Waals surface area contributed by atoms with Gasteiger partial charge in [0.05, 0.1) is 5.75 Å². The lowest BCUT2D eigenvalue weighted by molar-refractivity contribution is -0.128. The molecule has 0 atom stereocenters. The van der Waals surface area contributed by atoms with E-state index in [0.717, 1.165) is 0 Å². The SMILES string of the molecule is Cc1noc(C)c1S(=O)(=O)N1CCCN(C(=O)CSC(C)C)CC1. The van der Waals surface area contributed by atoms with Gasteiger partial charge in [-0.05, 0) is 25.5 Å². The fourth-order valence-electron chi connectivity index (χ4n) is 2.68. The summed E-state index contributed by atoms with van der Waals surface area (Å²) in [4.78, 5) is 14.2. The normalized spacial score (nSPS) is 17.3. The summed E-state index contributed by atoms with van der Waals surface area (Å²) in [5, 5.41) is 4.14. The van der Waals surface area contributed by atoms with Gasteiger partial charge in [0.1, 0.15) is 10.6 Å². The van der Waals surface area contributed by atoms with Crippen LogP contribution in [0.3, 0.4) is 0 Å². The highest BCUT2D eigenvalue weighted by molar-refractivity contribution is 8.00. The van der Waals surface area contributed by atoms with Crippen LogP contribution >= 0.6 is 11.8 Å². The van der Waals surface area contributed by atoms with Gasteiger partial charge < -0.3 is 9.42 Å². The summed E-state index contributed by atoms with van der Waals surface area (Å²) < 4.78 is 32.1. The van der Waals surface area contributed by atoms with E-state index in [1.54, 1.807) is 30.5 Å². The summed E-state index contributed by atoms with van der Waals surface area (Å²) >= 11 is 1.60. The second kappa shape index (κ2) is 7.88. The minimum Gasteiger partial charge on any atom is -0.360 e. The summed E-state index contributed by atoms with van der Waals surface area (Å²) in [5.74, 6) is 0.817. The maximum Gasteiger partial charge on any atom is 0.248 e. The van der Waals surface area contributed by atoms with E-state index >= 15 is 0 Å². The van der Waals surface area contributed by atoms with E-state index in [1.165, 1.54) is 4.31 Å². The summed E-state index contributed by atoms with van der Waals surface area (Å²) in [6.45, 7) is 9.03. The quantitative estimate of drug-likeness (QED) is 0.778. The van der Waals surface area contributed by atoms with Crippen LogP contribution in [0.4, 0.5) is 0 Å². The standard InChI is InChI=1S/C15H25N3O4S2/c1-11(2)23-10-14(19)17-6-5-7-18(9-8-17)24(20,21)15-12(3)16-22-13(15)4/h11H,5-10H2,1-4H3. The van der Waals surface area contributed by atoms with Gasteiger partial charge in [0.2, 0.25) is 15.9 Å². The minimum absolute atomic E-state index is 0.0743. The first-order valence-corrected chi connectivity index (χ1v) is 10.5. The van der Waals surface area contributed by atoms with Gasteiger partial charge in [-0.15, -0.1) is 11.8 Å². The molecule has 1 aromatic rings. The van der Waals surface area contributed by atoms with Crippen molar-refractivity contribution in [1.29, 1.82) is 0 Å². The van der Waals surface area contributed by atoms with Gasteiger partial charge in [0, 0.05) is 26.2 Å². The number of aromatic nitrogens is 1. The van der Waals surface area contributed by atoms with Gasteiger partial charge in [-0.25, -0.2) is 8.42 Å². The van der Waals surface area contributed by atoms with E-state index in [0.29, 0.717) is 55.1 Å². The fourth-order valence-corrected chi connectivity index (χ4v) is 5.10. The Morgan fingerprint density at radius 3 is 2.54 bits per heavy atom. The predicted molar refractivity (Wildman–Crippen MR) is 93.5 cm³/mol. The van der Waals surface area contributed by atoms with E-state index in [1.807, 2.05) is 0 Å². The van der Waals surface area contributed by atoms with Crippen LogP contribution in [0.15, 0.2) is 9.42 Å². The molecule has 1 aromatic heterocycles. The molecule has 0 aromatic carbocycles. The number of thioether (sulfide) groups is 1. The van der Waals surface area contributed by atoms with E-state index in [2.05, 4.69) is 19.0 Å². The van der Waals surface area contributed by atoms with E-state index in [-0.39, 0.29) is 10.8 Å². The molecule has 0 saturated carbocycles. The van der Waals surface area contributed by atoms with Crippen molar-refractivity contribution in [2.24, 2.45) is 0 Å². The summed E-state index contributed by atoms with van der Waals surface area (Å²) in [6.07, 6.45) is 0.626. The third-order valence-corrected chi connectivity index (χ3v) is 7.14. The molecule has 1 aliphatic rings. The topological polar surface area (TPSA) is 83.7 Å². The summed E-state index contributed by atoms with van der Waals surface area (Å²) in [7, 11) is -3.64. The summed E-state index contributed by atoms with van der Waals surface area (Å²) in [5.41, 5.74) is 0.373. The van der Waals surface area contributed by atoms with Gasteiger partial charge >= 0.3 is 0 Å². The Kier molecular flexibility index (Phi) is 6.33. The van der Waals surface area contributed by atoms with Crippen molar-refractivity contribution in [2.75, 3.05) is 31.9 Å². The largest absolute Gasteiger partial charge is 0.360 e. The number of amides is 1. The van der Waals surface area contributed by atoms with Crippen molar-refractivity contribution in [3.63, 3.8) is 0 Å². The van der Waals surface area contributed by atoms with Crippen LogP contribution in [0.2, 0.25) is 0 Å². The average Bonchev–Trinajstić information content (AvgIpc) is 2.73. The lowest BCUT2D eigenvalue weighted by Gasteiger charge is -2.22. The Bertz CT molecular complexity index is 665. The second-order valence-electron chi connectivity index (χ2n) is 6.15. The molecule has 2 rings (SSSR count). The molecule has 24 heavy (non-hydrogen) atoms. The third kappa shape index (κ3) is 4.31. The Morgan fingerprint density at radius 2 is 1.96 bits per heavy atom. The molecule has 1 saturated heterocycles. The van der Waals surface area contributed by atoms with Crippen LogP contribution in [0.5, 0.6) is 0 Å². The molecule has 136 valence electrons. The number of carbonyl (C=O) groups is 1.